The number of nitrogens with one attached hydrogen (secondary N) is 1. The summed E-state index contributed by atoms with van der Waals surface area (Å²) >= 11 is 0. The SMILES string of the molecule is COc1cc(C(C)NOC2CCCC2)ccc1F. The van der Waals surface area contributed by atoms with Gasteiger partial charge in [-0.2, -0.15) is 5.48 Å². The Morgan fingerprint density at radius 3 is 2.72 bits per heavy atom. The Labute approximate surface area is 107 Å². The fourth-order valence-corrected chi connectivity index (χ4v) is 2.22. The van der Waals surface area contributed by atoms with E-state index in [2.05, 4.69) is 5.48 Å². The predicted molar refractivity (Wildman–Crippen MR) is 67.8 cm³/mol. The van der Waals surface area contributed by atoms with Gasteiger partial charge in [-0.1, -0.05) is 18.9 Å². The van der Waals surface area contributed by atoms with Gasteiger partial charge in [0.1, 0.15) is 0 Å². The van der Waals surface area contributed by atoms with E-state index < -0.39 is 0 Å². The third-order valence-electron chi connectivity index (χ3n) is 3.39. The van der Waals surface area contributed by atoms with Crippen LogP contribution in [0, 0.1) is 5.82 Å². The average Bonchev–Trinajstić information content (AvgIpc) is 2.89. The molecule has 0 amide bonds. The van der Waals surface area contributed by atoms with Gasteiger partial charge in [0.05, 0.1) is 19.3 Å². The van der Waals surface area contributed by atoms with Crippen LogP contribution in [0.1, 0.15) is 44.2 Å². The molecule has 1 atom stereocenters. The van der Waals surface area contributed by atoms with E-state index in [-0.39, 0.29) is 17.6 Å². The van der Waals surface area contributed by atoms with Crippen LogP contribution in [0.25, 0.3) is 0 Å². The topological polar surface area (TPSA) is 30.5 Å². The minimum atomic E-state index is -0.342. The van der Waals surface area contributed by atoms with Gasteiger partial charge in [-0.05, 0) is 37.5 Å². The van der Waals surface area contributed by atoms with Gasteiger partial charge in [-0.15, -0.1) is 0 Å². The molecule has 0 heterocycles. The van der Waals surface area contributed by atoms with E-state index in [4.69, 9.17) is 9.57 Å². The second kappa shape index (κ2) is 6.16. The number of hydroxylamine groups is 1. The highest BCUT2D eigenvalue weighted by Crippen LogP contribution is 2.24. The number of methoxy groups -OCH3 is 1. The Balaban J connectivity index is 1.93. The van der Waals surface area contributed by atoms with Crippen LogP contribution in [0.4, 0.5) is 4.39 Å². The summed E-state index contributed by atoms with van der Waals surface area (Å²) in [7, 11) is 1.47. The third-order valence-corrected chi connectivity index (χ3v) is 3.39. The molecule has 1 aliphatic carbocycles. The van der Waals surface area contributed by atoms with Crippen molar-refractivity contribution < 1.29 is 14.0 Å². The van der Waals surface area contributed by atoms with Crippen molar-refractivity contribution in [3.05, 3.63) is 29.6 Å². The van der Waals surface area contributed by atoms with Crippen LogP contribution in [0.15, 0.2) is 18.2 Å². The highest BCUT2D eigenvalue weighted by Gasteiger charge is 2.17. The molecule has 0 aromatic heterocycles. The first-order chi connectivity index (χ1) is 8.70. The third kappa shape index (κ3) is 3.21. The largest absolute Gasteiger partial charge is 0.494 e. The molecule has 18 heavy (non-hydrogen) atoms. The number of halogens is 1. The van der Waals surface area contributed by atoms with Gasteiger partial charge < -0.3 is 4.74 Å². The Bertz CT molecular complexity index is 391. The summed E-state index contributed by atoms with van der Waals surface area (Å²) in [4.78, 5) is 5.64. The molecule has 100 valence electrons. The Hall–Kier alpha value is -1.13. The monoisotopic (exact) mass is 253 g/mol. The number of benzene rings is 1. The lowest BCUT2D eigenvalue weighted by atomic mass is 10.1. The summed E-state index contributed by atoms with van der Waals surface area (Å²) in [6, 6.07) is 4.88. The van der Waals surface area contributed by atoms with Crippen LogP contribution in [-0.4, -0.2) is 13.2 Å². The van der Waals surface area contributed by atoms with E-state index in [0.29, 0.717) is 6.10 Å². The molecule has 4 heteroatoms. The molecule has 1 aromatic carbocycles. The molecule has 1 aromatic rings. The lowest BCUT2D eigenvalue weighted by Crippen LogP contribution is -2.24. The zero-order valence-electron chi connectivity index (χ0n) is 10.9. The Morgan fingerprint density at radius 1 is 1.33 bits per heavy atom. The van der Waals surface area contributed by atoms with Gasteiger partial charge in [0, 0.05) is 0 Å². The molecule has 1 unspecified atom stereocenters. The Kier molecular flexibility index (Phi) is 4.55. The highest BCUT2D eigenvalue weighted by molar-refractivity contribution is 5.31. The fourth-order valence-electron chi connectivity index (χ4n) is 2.22. The van der Waals surface area contributed by atoms with E-state index in [1.807, 2.05) is 6.92 Å². The second-order valence-corrected chi connectivity index (χ2v) is 4.76. The molecule has 0 radical (unpaired) electrons. The Morgan fingerprint density at radius 2 is 2.06 bits per heavy atom. The average molecular weight is 253 g/mol. The molecule has 1 aliphatic rings. The number of rotatable bonds is 5. The minimum Gasteiger partial charge on any atom is -0.494 e. The molecule has 3 nitrogen and oxygen atoms in total. The summed E-state index contributed by atoms with van der Waals surface area (Å²) in [6.45, 7) is 1.99. The first-order valence-electron chi connectivity index (χ1n) is 6.45. The van der Waals surface area contributed by atoms with Crippen molar-refractivity contribution in [2.45, 2.75) is 44.8 Å². The lowest BCUT2D eigenvalue weighted by molar-refractivity contribution is -0.0377. The second-order valence-electron chi connectivity index (χ2n) is 4.76. The molecule has 0 bridgehead atoms. The molecule has 1 N–H and O–H groups in total. The number of ether oxygens (including phenoxy) is 1. The molecule has 1 fully saturated rings. The standard InChI is InChI=1S/C14H20FNO2/c1-10(16-18-12-5-3-4-6-12)11-7-8-13(15)14(9-11)17-2/h7-10,12,16H,3-6H2,1-2H3. The van der Waals surface area contributed by atoms with Crippen LogP contribution in [0.5, 0.6) is 5.75 Å². The zero-order chi connectivity index (χ0) is 13.0. The summed E-state index contributed by atoms with van der Waals surface area (Å²) < 4.78 is 18.3. The number of hydrogen-bond acceptors (Lipinski definition) is 3. The van der Waals surface area contributed by atoms with Crippen molar-refractivity contribution in [3.63, 3.8) is 0 Å². The molecular weight excluding hydrogens is 233 g/mol. The zero-order valence-corrected chi connectivity index (χ0v) is 10.9. The first-order valence-corrected chi connectivity index (χ1v) is 6.45. The van der Waals surface area contributed by atoms with Crippen LogP contribution < -0.4 is 10.2 Å². The summed E-state index contributed by atoms with van der Waals surface area (Å²) in [5.74, 6) is -0.0767. The van der Waals surface area contributed by atoms with Crippen LogP contribution in [-0.2, 0) is 4.84 Å². The van der Waals surface area contributed by atoms with Gasteiger partial charge in [0.25, 0.3) is 0 Å². The van der Waals surface area contributed by atoms with Crippen LogP contribution in [0.2, 0.25) is 0 Å². The maximum Gasteiger partial charge on any atom is 0.165 e. The molecular formula is C14H20FNO2. The van der Waals surface area contributed by atoms with Crippen molar-refractivity contribution in [1.29, 1.82) is 0 Å². The van der Waals surface area contributed by atoms with E-state index in [0.717, 1.165) is 18.4 Å². The van der Waals surface area contributed by atoms with E-state index >= 15 is 0 Å². The van der Waals surface area contributed by atoms with E-state index in [1.165, 1.54) is 26.0 Å². The maximum atomic E-state index is 13.3. The van der Waals surface area contributed by atoms with Crippen molar-refractivity contribution >= 4 is 0 Å². The smallest absolute Gasteiger partial charge is 0.165 e. The predicted octanol–water partition coefficient (Wildman–Crippen LogP) is 3.36. The van der Waals surface area contributed by atoms with Gasteiger partial charge >= 0.3 is 0 Å². The van der Waals surface area contributed by atoms with Gasteiger partial charge in [0.15, 0.2) is 11.6 Å². The normalized spacial score (nSPS) is 17.9. The van der Waals surface area contributed by atoms with Crippen molar-refractivity contribution in [3.8, 4) is 5.75 Å². The lowest BCUT2D eigenvalue weighted by Gasteiger charge is -2.18. The summed E-state index contributed by atoms with van der Waals surface area (Å²) in [5, 5.41) is 0. The summed E-state index contributed by atoms with van der Waals surface area (Å²) in [5.41, 5.74) is 3.98. The molecule has 0 saturated heterocycles. The number of hydrogen-bond donors (Lipinski definition) is 1. The van der Waals surface area contributed by atoms with Gasteiger partial charge in [-0.3, -0.25) is 4.84 Å². The molecule has 2 rings (SSSR count). The van der Waals surface area contributed by atoms with Crippen molar-refractivity contribution in [2.24, 2.45) is 0 Å². The van der Waals surface area contributed by atoms with E-state index in [1.54, 1.807) is 12.1 Å². The quantitative estimate of drug-likeness (QED) is 0.816. The van der Waals surface area contributed by atoms with Crippen molar-refractivity contribution in [1.82, 2.24) is 5.48 Å². The van der Waals surface area contributed by atoms with E-state index in [9.17, 15) is 4.39 Å². The molecule has 0 aliphatic heterocycles. The maximum absolute atomic E-state index is 13.3. The molecule has 0 spiro atoms. The first kappa shape index (κ1) is 13.3. The van der Waals surface area contributed by atoms with Gasteiger partial charge in [0.2, 0.25) is 0 Å². The van der Waals surface area contributed by atoms with Crippen LogP contribution in [0.3, 0.4) is 0 Å². The van der Waals surface area contributed by atoms with Gasteiger partial charge in [-0.25, -0.2) is 4.39 Å². The summed E-state index contributed by atoms with van der Waals surface area (Å²) in [6.07, 6.45) is 5.03. The highest BCUT2D eigenvalue weighted by atomic mass is 19.1. The fraction of sp³-hybridized carbons (Fsp3) is 0.571. The van der Waals surface area contributed by atoms with Crippen LogP contribution >= 0.6 is 0 Å². The van der Waals surface area contributed by atoms with Crippen molar-refractivity contribution in [2.75, 3.05) is 7.11 Å². The minimum absolute atomic E-state index is 0.0140. The molecule has 1 saturated carbocycles.